The highest BCUT2D eigenvalue weighted by Gasteiger charge is 2.23. The summed E-state index contributed by atoms with van der Waals surface area (Å²) in [6.45, 7) is 1.55. The summed E-state index contributed by atoms with van der Waals surface area (Å²) in [5.74, 6) is -0.748. The molecule has 0 unspecified atom stereocenters. The number of nitrogens with zero attached hydrogens (tertiary/aromatic N) is 1. The number of pyridine rings is 1. The van der Waals surface area contributed by atoms with Crippen LogP contribution in [0.5, 0.6) is 0 Å². The van der Waals surface area contributed by atoms with Crippen molar-refractivity contribution >= 4 is 21.9 Å². The first-order valence-electron chi connectivity index (χ1n) is 4.85. The van der Waals surface area contributed by atoms with E-state index in [1.165, 1.54) is 0 Å². The molecule has 0 fully saturated rings. The first-order valence-corrected chi connectivity index (χ1v) is 5.64. The topological polar surface area (TPSA) is 65.2 Å². The Bertz CT molecular complexity index is 427. The van der Waals surface area contributed by atoms with Crippen molar-refractivity contribution in [2.45, 2.75) is 19.9 Å². The highest BCUT2D eigenvalue weighted by atomic mass is 79.9. The molecule has 0 aliphatic heterocycles. The van der Waals surface area contributed by atoms with Crippen LogP contribution >= 0.6 is 15.9 Å². The first kappa shape index (κ1) is 14.0. The Labute approximate surface area is 105 Å². The Hall–Kier alpha value is -1.08. The van der Waals surface area contributed by atoms with Crippen LogP contribution in [0.4, 0.5) is 8.78 Å². The summed E-state index contributed by atoms with van der Waals surface area (Å²) in [7, 11) is 0. The molecule has 4 nitrogen and oxygen atoms in total. The number of halogens is 3. The van der Waals surface area contributed by atoms with E-state index in [0.717, 1.165) is 6.20 Å². The van der Waals surface area contributed by atoms with E-state index in [1.807, 2.05) is 0 Å². The summed E-state index contributed by atoms with van der Waals surface area (Å²) in [6.07, 6.45) is -1.59. The van der Waals surface area contributed by atoms with Crippen LogP contribution in [0.3, 0.4) is 0 Å². The van der Waals surface area contributed by atoms with Gasteiger partial charge in [-0.25, -0.2) is 18.6 Å². The number of carbonyl (C=O) groups excluding carboxylic acids is 1. The Balaban J connectivity index is 3.32. The van der Waals surface area contributed by atoms with Crippen LogP contribution in [0.2, 0.25) is 0 Å². The maximum atomic E-state index is 12.8. The van der Waals surface area contributed by atoms with Crippen LogP contribution < -0.4 is 5.73 Å². The van der Waals surface area contributed by atoms with Crippen LogP contribution in [-0.4, -0.2) is 17.6 Å². The molecule has 17 heavy (non-hydrogen) atoms. The van der Waals surface area contributed by atoms with Crippen molar-refractivity contribution in [3.63, 3.8) is 0 Å². The van der Waals surface area contributed by atoms with Crippen molar-refractivity contribution in [1.29, 1.82) is 0 Å². The van der Waals surface area contributed by atoms with Crippen LogP contribution in [0.25, 0.3) is 0 Å². The lowest BCUT2D eigenvalue weighted by Gasteiger charge is -2.12. The number of hydrogen-bond acceptors (Lipinski definition) is 4. The Morgan fingerprint density at radius 3 is 2.76 bits per heavy atom. The van der Waals surface area contributed by atoms with Gasteiger partial charge in [0.05, 0.1) is 6.61 Å². The molecule has 0 amide bonds. The molecular weight excluding hydrogens is 298 g/mol. The third-order valence-corrected chi connectivity index (χ3v) is 2.70. The predicted molar refractivity (Wildman–Crippen MR) is 60.7 cm³/mol. The van der Waals surface area contributed by atoms with E-state index in [1.54, 1.807) is 6.92 Å². The number of aromatic nitrogens is 1. The molecule has 94 valence electrons. The lowest BCUT2D eigenvalue weighted by atomic mass is 10.1. The molecule has 1 rings (SSSR count). The van der Waals surface area contributed by atoms with E-state index in [9.17, 15) is 13.6 Å². The molecule has 1 aromatic heterocycles. The molecule has 0 saturated carbocycles. The average Bonchev–Trinajstić information content (AvgIpc) is 2.27. The maximum Gasteiger partial charge on any atom is 0.357 e. The van der Waals surface area contributed by atoms with Gasteiger partial charge in [0, 0.05) is 28.3 Å². The van der Waals surface area contributed by atoms with Gasteiger partial charge in [-0.3, -0.25) is 0 Å². The smallest absolute Gasteiger partial charge is 0.357 e. The number of hydrogen-bond donors (Lipinski definition) is 1. The van der Waals surface area contributed by atoms with Crippen LogP contribution in [0.15, 0.2) is 10.7 Å². The fraction of sp³-hybridized carbons (Fsp3) is 0.400. The highest BCUT2D eigenvalue weighted by Crippen LogP contribution is 2.31. The largest absolute Gasteiger partial charge is 0.461 e. The van der Waals surface area contributed by atoms with Gasteiger partial charge in [0.15, 0.2) is 5.69 Å². The molecule has 7 heteroatoms. The van der Waals surface area contributed by atoms with Gasteiger partial charge in [-0.05, 0) is 22.9 Å². The molecule has 0 atom stereocenters. The van der Waals surface area contributed by atoms with Gasteiger partial charge in [-0.15, -0.1) is 0 Å². The predicted octanol–water partition coefficient (Wildman–Crippen LogP) is 2.42. The van der Waals surface area contributed by atoms with Crippen LogP contribution in [0.1, 0.15) is 35.0 Å². The zero-order valence-corrected chi connectivity index (χ0v) is 10.6. The van der Waals surface area contributed by atoms with E-state index >= 15 is 0 Å². The zero-order chi connectivity index (χ0) is 13.0. The molecule has 0 radical (unpaired) electrons. The standard InChI is InChI=1S/C10H11BrF2N2O2/c1-2-17-10(16)8-5(3-14)7(9(12)13)6(11)4-15-8/h4,9H,2-3,14H2,1H3. The summed E-state index contributed by atoms with van der Waals surface area (Å²) in [4.78, 5) is 15.3. The fourth-order valence-corrected chi connectivity index (χ4v) is 1.87. The second kappa shape index (κ2) is 6.02. The lowest BCUT2D eigenvalue weighted by Crippen LogP contribution is -2.16. The zero-order valence-electron chi connectivity index (χ0n) is 9.04. The monoisotopic (exact) mass is 308 g/mol. The van der Waals surface area contributed by atoms with Crippen LogP contribution in [-0.2, 0) is 11.3 Å². The van der Waals surface area contributed by atoms with Crippen molar-refractivity contribution in [1.82, 2.24) is 4.98 Å². The second-order valence-corrected chi connectivity index (χ2v) is 3.93. The molecule has 0 bridgehead atoms. The molecule has 0 saturated heterocycles. The van der Waals surface area contributed by atoms with Gasteiger partial charge < -0.3 is 10.5 Å². The first-order chi connectivity index (χ1) is 8.02. The van der Waals surface area contributed by atoms with Gasteiger partial charge in [-0.2, -0.15) is 0 Å². The lowest BCUT2D eigenvalue weighted by molar-refractivity contribution is 0.0517. The third kappa shape index (κ3) is 2.98. The minimum Gasteiger partial charge on any atom is -0.461 e. The van der Waals surface area contributed by atoms with Crippen molar-refractivity contribution < 1.29 is 18.3 Å². The van der Waals surface area contributed by atoms with E-state index < -0.39 is 12.4 Å². The SMILES string of the molecule is CCOC(=O)c1ncc(Br)c(C(F)F)c1CN. The Morgan fingerprint density at radius 1 is 1.65 bits per heavy atom. The summed E-state index contributed by atoms with van der Waals surface area (Å²) in [5, 5.41) is 0. The van der Waals surface area contributed by atoms with E-state index in [4.69, 9.17) is 10.5 Å². The third-order valence-electron chi connectivity index (χ3n) is 2.07. The highest BCUT2D eigenvalue weighted by molar-refractivity contribution is 9.10. The number of esters is 1. The number of nitrogens with two attached hydrogens (primary N) is 1. The summed E-state index contributed by atoms with van der Waals surface area (Å²) >= 11 is 2.96. The maximum absolute atomic E-state index is 12.8. The second-order valence-electron chi connectivity index (χ2n) is 3.07. The molecule has 1 aromatic rings. The van der Waals surface area contributed by atoms with E-state index in [0.29, 0.717) is 0 Å². The van der Waals surface area contributed by atoms with Gasteiger partial charge in [-0.1, -0.05) is 0 Å². The minimum absolute atomic E-state index is 0.00725. The normalized spacial score (nSPS) is 10.7. The van der Waals surface area contributed by atoms with Crippen molar-refractivity contribution in [3.05, 3.63) is 27.5 Å². The molecular formula is C10H11BrF2N2O2. The Kier molecular flexibility index (Phi) is 4.95. The average molecular weight is 309 g/mol. The number of rotatable bonds is 4. The number of alkyl halides is 2. The molecule has 1 heterocycles. The summed E-state index contributed by atoms with van der Waals surface area (Å²) in [6, 6.07) is 0. The summed E-state index contributed by atoms with van der Waals surface area (Å²) in [5.41, 5.74) is 4.92. The summed E-state index contributed by atoms with van der Waals surface area (Å²) < 4.78 is 30.5. The van der Waals surface area contributed by atoms with Crippen molar-refractivity contribution in [2.75, 3.05) is 6.61 Å². The van der Waals surface area contributed by atoms with Gasteiger partial charge >= 0.3 is 5.97 Å². The quantitative estimate of drug-likeness (QED) is 0.868. The van der Waals surface area contributed by atoms with Crippen molar-refractivity contribution in [2.24, 2.45) is 5.73 Å². The molecule has 0 aromatic carbocycles. The van der Waals surface area contributed by atoms with Gasteiger partial charge in [0.1, 0.15) is 0 Å². The number of carbonyl (C=O) groups is 1. The van der Waals surface area contributed by atoms with Gasteiger partial charge in [0.2, 0.25) is 0 Å². The van der Waals surface area contributed by atoms with E-state index in [-0.39, 0.29) is 34.4 Å². The molecule has 0 aliphatic carbocycles. The van der Waals surface area contributed by atoms with E-state index in [2.05, 4.69) is 20.9 Å². The van der Waals surface area contributed by atoms with Crippen molar-refractivity contribution in [3.8, 4) is 0 Å². The Morgan fingerprint density at radius 2 is 2.29 bits per heavy atom. The fourth-order valence-electron chi connectivity index (χ4n) is 1.36. The van der Waals surface area contributed by atoms with Crippen LogP contribution in [0, 0.1) is 0 Å². The number of ether oxygens (including phenoxy) is 1. The van der Waals surface area contributed by atoms with Gasteiger partial charge in [0.25, 0.3) is 6.43 Å². The molecule has 2 N–H and O–H groups in total. The minimum atomic E-state index is -2.74. The molecule has 0 aliphatic rings. The molecule has 0 spiro atoms.